The molecule has 0 fully saturated rings. The van der Waals surface area contributed by atoms with Gasteiger partial charge in [0.05, 0.1) is 6.61 Å². The van der Waals surface area contributed by atoms with Gasteiger partial charge < -0.3 is 5.11 Å². The van der Waals surface area contributed by atoms with Crippen LogP contribution in [0.4, 0.5) is 0 Å². The largest absolute Gasteiger partial charge is 0.392 e. The molecular weight excluding hydrogens is 180 g/mol. The van der Waals surface area contributed by atoms with Gasteiger partial charge in [0.1, 0.15) is 0 Å². The summed E-state index contributed by atoms with van der Waals surface area (Å²) in [7, 11) is 0. The Morgan fingerprint density at radius 3 is 2.69 bits per heavy atom. The van der Waals surface area contributed by atoms with E-state index in [0.29, 0.717) is 0 Å². The minimum atomic E-state index is 0.143. The summed E-state index contributed by atoms with van der Waals surface area (Å²) in [6.07, 6.45) is 1.20. The van der Waals surface area contributed by atoms with Crippen molar-refractivity contribution in [2.24, 2.45) is 0 Å². The van der Waals surface area contributed by atoms with Crippen molar-refractivity contribution in [3.05, 3.63) is 29.3 Å². The Morgan fingerprint density at radius 1 is 1.38 bits per heavy atom. The van der Waals surface area contributed by atoms with Gasteiger partial charge in [-0.1, -0.05) is 13.0 Å². The van der Waals surface area contributed by atoms with Crippen LogP contribution >= 0.6 is 11.8 Å². The maximum absolute atomic E-state index is 8.98. The molecule has 1 rings (SSSR count). The molecule has 1 N–H and O–H groups in total. The van der Waals surface area contributed by atoms with Crippen LogP contribution in [0.15, 0.2) is 23.1 Å². The second-order valence-corrected chi connectivity index (χ2v) is 4.26. The van der Waals surface area contributed by atoms with Gasteiger partial charge >= 0.3 is 0 Å². The number of hydrogen-bond donors (Lipinski definition) is 1. The topological polar surface area (TPSA) is 20.2 Å². The molecule has 0 aliphatic heterocycles. The van der Waals surface area contributed by atoms with Crippen molar-refractivity contribution >= 4 is 11.8 Å². The van der Waals surface area contributed by atoms with Gasteiger partial charge in [-0.2, -0.15) is 0 Å². The maximum Gasteiger partial charge on any atom is 0.0684 e. The van der Waals surface area contributed by atoms with Crippen LogP contribution in [0.25, 0.3) is 0 Å². The molecule has 0 aliphatic carbocycles. The molecule has 0 aliphatic rings. The summed E-state index contributed by atoms with van der Waals surface area (Å²) in [5.41, 5.74) is 2.21. The first-order valence-corrected chi connectivity index (χ1v) is 5.59. The van der Waals surface area contributed by atoms with Crippen LogP contribution in [-0.2, 0) is 6.61 Å². The lowest BCUT2D eigenvalue weighted by Gasteiger charge is -2.05. The van der Waals surface area contributed by atoms with E-state index in [2.05, 4.69) is 19.1 Å². The minimum Gasteiger partial charge on any atom is -0.392 e. The van der Waals surface area contributed by atoms with Gasteiger partial charge in [0.2, 0.25) is 0 Å². The van der Waals surface area contributed by atoms with Crippen LogP contribution in [-0.4, -0.2) is 10.9 Å². The molecule has 0 heterocycles. The number of benzene rings is 1. The highest BCUT2D eigenvalue weighted by Crippen LogP contribution is 2.21. The first kappa shape index (κ1) is 10.6. The number of rotatable bonds is 4. The normalized spacial score (nSPS) is 10.4. The van der Waals surface area contributed by atoms with Gasteiger partial charge in [-0.15, -0.1) is 11.8 Å². The average molecular weight is 196 g/mol. The Morgan fingerprint density at radius 2 is 2.15 bits per heavy atom. The average Bonchev–Trinajstić information content (AvgIpc) is 2.15. The number of thioether (sulfide) groups is 1. The van der Waals surface area contributed by atoms with Crippen molar-refractivity contribution < 1.29 is 5.11 Å². The van der Waals surface area contributed by atoms with E-state index in [1.165, 1.54) is 16.9 Å². The van der Waals surface area contributed by atoms with E-state index < -0.39 is 0 Å². The summed E-state index contributed by atoms with van der Waals surface area (Å²) < 4.78 is 0. The number of aliphatic hydroxyl groups excluding tert-OH is 1. The molecule has 1 nitrogen and oxygen atoms in total. The molecule has 0 saturated carbocycles. The van der Waals surface area contributed by atoms with Crippen LogP contribution in [0.5, 0.6) is 0 Å². The van der Waals surface area contributed by atoms with E-state index in [4.69, 9.17) is 5.11 Å². The highest BCUT2D eigenvalue weighted by atomic mass is 32.2. The molecule has 0 aromatic heterocycles. The van der Waals surface area contributed by atoms with Crippen LogP contribution < -0.4 is 0 Å². The number of hydrogen-bond acceptors (Lipinski definition) is 2. The molecule has 0 saturated heterocycles. The lowest BCUT2D eigenvalue weighted by molar-refractivity contribution is 0.281. The van der Waals surface area contributed by atoms with E-state index >= 15 is 0 Å². The monoisotopic (exact) mass is 196 g/mol. The van der Waals surface area contributed by atoms with Crippen molar-refractivity contribution in [3.63, 3.8) is 0 Å². The van der Waals surface area contributed by atoms with E-state index in [1.54, 1.807) is 0 Å². The first-order valence-electron chi connectivity index (χ1n) is 4.61. The Balaban J connectivity index is 2.71. The van der Waals surface area contributed by atoms with E-state index in [1.807, 2.05) is 24.8 Å². The van der Waals surface area contributed by atoms with Crippen molar-refractivity contribution in [1.29, 1.82) is 0 Å². The van der Waals surface area contributed by atoms with Crippen LogP contribution in [0.1, 0.15) is 24.5 Å². The third-order valence-corrected chi connectivity index (χ3v) is 3.16. The molecule has 0 unspecified atom stereocenters. The van der Waals surface area contributed by atoms with Gasteiger partial charge in [-0.3, -0.25) is 0 Å². The molecule has 0 atom stereocenters. The second-order valence-electron chi connectivity index (χ2n) is 3.09. The van der Waals surface area contributed by atoms with Crippen LogP contribution in [0.2, 0.25) is 0 Å². The molecule has 0 amide bonds. The summed E-state index contributed by atoms with van der Waals surface area (Å²) in [4.78, 5) is 1.30. The SMILES string of the molecule is CCCSc1ccc(CO)c(C)c1. The fourth-order valence-electron chi connectivity index (χ4n) is 1.16. The van der Waals surface area contributed by atoms with Crippen molar-refractivity contribution in [1.82, 2.24) is 0 Å². The van der Waals surface area contributed by atoms with Gasteiger partial charge in [-0.05, 0) is 42.4 Å². The molecule has 1 aromatic rings. The van der Waals surface area contributed by atoms with Gasteiger partial charge in [0, 0.05) is 4.90 Å². The highest BCUT2D eigenvalue weighted by molar-refractivity contribution is 7.99. The van der Waals surface area contributed by atoms with E-state index in [9.17, 15) is 0 Å². The molecular formula is C11H16OS. The summed E-state index contributed by atoms with van der Waals surface area (Å²) in [6, 6.07) is 6.23. The second kappa shape index (κ2) is 5.30. The van der Waals surface area contributed by atoms with Crippen LogP contribution in [0.3, 0.4) is 0 Å². The zero-order valence-electron chi connectivity index (χ0n) is 8.21. The van der Waals surface area contributed by atoms with Crippen molar-refractivity contribution in [2.75, 3.05) is 5.75 Å². The van der Waals surface area contributed by atoms with Crippen molar-refractivity contribution in [2.45, 2.75) is 31.8 Å². The molecule has 72 valence electrons. The smallest absolute Gasteiger partial charge is 0.0684 e. The number of aryl methyl sites for hydroxylation is 1. The Hall–Kier alpha value is -0.470. The third-order valence-electron chi connectivity index (χ3n) is 1.96. The fraction of sp³-hybridized carbons (Fsp3) is 0.455. The molecule has 0 radical (unpaired) electrons. The number of aliphatic hydroxyl groups is 1. The lowest BCUT2D eigenvalue weighted by atomic mass is 10.1. The minimum absolute atomic E-state index is 0.143. The highest BCUT2D eigenvalue weighted by Gasteiger charge is 1.98. The molecule has 1 aromatic carbocycles. The zero-order chi connectivity index (χ0) is 9.68. The maximum atomic E-state index is 8.98. The molecule has 0 spiro atoms. The predicted octanol–water partition coefficient (Wildman–Crippen LogP) is 2.99. The molecule has 2 heteroatoms. The quantitative estimate of drug-likeness (QED) is 0.747. The Bertz CT molecular complexity index is 271. The van der Waals surface area contributed by atoms with Gasteiger partial charge in [-0.25, -0.2) is 0 Å². The van der Waals surface area contributed by atoms with E-state index in [-0.39, 0.29) is 6.61 Å². The first-order chi connectivity index (χ1) is 6.27. The summed E-state index contributed by atoms with van der Waals surface area (Å²) in [6.45, 7) is 4.37. The van der Waals surface area contributed by atoms with E-state index in [0.717, 1.165) is 11.3 Å². The summed E-state index contributed by atoms with van der Waals surface area (Å²) in [5.74, 6) is 1.16. The summed E-state index contributed by atoms with van der Waals surface area (Å²) in [5, 5.41) is 8.98. The zero-order valence-corrected chi connectivity index (χ0v) is 9.03. The molecule has 0 bridgehead atoms. The lowest BCUT2D eigenvalue weighted by Crippen LogP contribution is -1.88. The fourth-order valence-corrected chi connectivity index (χ4v) is 2.02. The van der Waals surface area contributed by atoms with Gasteiger partial charge in [0.25, 0.3) is 0 Å². The Labute approximate surface area is 84.2 Å². The predicted molar refractivity (Wildman–Crippen MR) is 58.1 cm³/mol. The van der Waals surface area contributed by atoms with Gasteiger partial charge in [0.15, 0.2) is 0 Å². The summed E-state index contributed by atoms with van der Waals surface area (Å²) >= 11 is 1.87. The standard InChI is InChI=1S/C11H16OS/c1-3-6-13-11-5-4-10(8-12)9(2)7-11/h4-5,7,12H,3,6,8H2,1-2H3. The molecule has 13 heavy (non-hydrogen) atoms. The van der Waals surface area contributed by atoms with Crippen molar-refractivity contribution in [3.8, 4) is 0 Å². The van der Waals surface area contributed by atoms with Crippen LogP contribution in [0, 0.1) is 6.92 Å². The Kier molecular flexibility index (Phi) is 4.33. The third kappa shape index (κ3) is 3.05.